The fraction of sp³-hybridized carbons (Fsp3) is 0.0833. The number of halogens is 1. The van der Waals surface area contributed by atoms with E-state index in [-0.39, 0.29) is 5.88 Å². The van der Waals surface area contributed by atoms with E-state index in [1.54, 1.807) is 4.68 Å². The van der Waals surface area contributed by atoms with E-state index in [1.165, 1.54) is 0 Å². The van der Waals surface area contributed by atoms with Gasteiger partial charge in [0.2, 0.25) is 11.8 Å². The number of ether oxygens (including phenoxy) is 1. The SMILES string of the molecule is Cc1nn(-c2ccccc2)c2c1C(c1ccc(-c3ccccc3Br)o1)C(C#N)=C(N)O2. The first kappa shape index (κ1) is 19.2. The summed E-state index contributed by atoms with van der Waals surface area (Å²) in [5, 5.41) is 14.5. The second-order valence-corrected chi connectivity index (χ2v) is 8.01. The lowest BCUT2D eigenvalue weighted by atomic mass is 9.88. The number of fused-ring (bicyclic) bond motifs is 1. The Morgan fingerprint density at radius 3 is 2.55 bits per heavy atom. The predicted octanol–water partition coefficient (Wildman–Crippen LogP) is 5.42. The number of rotatable bonds is 3. The van der Waals surface area contributed by atoms with Crippen molar-refractivity contribution in [3.8, 4) is 29.0 Å². The number of nitrogens with zero attached hydrogens (tertiary/aromatic N) is 3. The zero-order chi connectivity index (χ0) is 21.5. The number of aryl methyl sites for hydroxylation is 1. The maximum atomic E-state index is 9.86. The molecule has 1 aliphatic heterocycles. The topological polar surface area (TPSA) is 90.0 Å². The Balaban J connectivity index is 1.68. The summed E-state index contributed by atoms with van der Waals surface area (Å²) >= 11 is 3.56. The lowest BCUT2D eigenvalue weighted by Gasteiger charge is -2.23. The van der Waals surface area contributed by atoms with Gasteiger partial charge in [-0.15, -0.1) is 0 Å². The molecular formula is C24H17BrN4O2. The minimum absolute atomic E-state index is 0.0518. The van der Waals surface area contributed by atoms with Crippen LogP contribution in [0.15, 0.2) is 87.1 Å². The number of aromatic nitrogens is 2. The van der Waals surface area contributed by atoms with E-state index >= 15 is 0 Å². The third kappa shape index (κ3) is 3.13. The molecule has 6 nitrogen and oxygen atoms in total. The summed E-state index contributed by atoms with van der Waals surface area (Å²) in [6, 6.07) is 23.4. The second kappa shape index (κ2) is 7.49. The fourth-order valence-electron chi connectivity index (χ4n) is 3.86. The highest BCUT2D eigenvalue weighted by Gasteiger charge is 2.38. The molecule has 5 rings (SSSR count). The van der Waals surface area contributed by atoms with Crippen molar-refractivity contribution in [3.63, 3.8) is 0 Å². The first-order chi connectivity index (χ1) is 15.1. The van der Waals surface area contributed by atoms with Gasteiger partial charge in [-0.3, -0.25) is 0 Å². The molecule has 0 radical (unpaired) electrons. The molecule has 2 aromatic carbocycles. The molecule has 4 aromatic rings. The maximum absolute atomic E-state index is 9.86. The first-order valence-electron chi connectivity index (χ1n) is 9.65. The number of hydrogen-bond donors (Lipinski definition) is 1. The molecule has 3 heterocycles. The van der Waals surface area contributed by atoms with Gasteiger partial charge in [-0.1, -0.05) is 52.3 Å². The van der Waals surface area contributed by atoms with Crippen LogP contribution in [0.5, 0.6) is 5.88 Å². The van der Waals surface area contributed by atoms with Crippen LogP contribution in [0.25, 0.3) is 17.0 Å². The monoisotopic (exact) mass is 472 g/mol. The van der Waals surface area contributed by atoms with Crippen LogP contribution < -0.4 is 10.5 Å². The van der Waals surface area contributed by atoms with Crippen LogP contribution in [0.1, 0.15) is 22.9 Å². The van der Waals surface area contributed by atoms with Crippen molar-refractivity contribution in [1.29, 1.82) is 5.26 Å². The van der Waals surface area contributed by atoms with Gasteiger partial charge in [0.1, 0.15) is 23.2 Å². The minimum Gasteiger partial charge on any atom is -0.460 e. The Bertz CT molecular complexity index is 1360. The van der Waals surface area contributed by atoms with E-state index < -0.39 is 5.92 Å². The summed E-state index contributed by atoms with van der Waals surface area (Å²) in [5.74, 6) is 1.33. The third-order valence-electron chi connectivity index (χ3n) is 5.28. The Morgan fingerprint density at radius 1 is 1.06 bits per heavy atom. The van der Waals surface area contributed by atoms with Crippen LogP contribution in [0.4, 0.5) is 0 Å². The van der Waals surface area contributed by atoms with Crippen LogP contribution in [-0.4, -0.2) is 9.78 Å². The van der Waals surface area contributed by atoms with E-state index in [2.05, 4.69) is 27.1 Å². The first-order valence-corrected chi connectivity index (χ1v) is 10.4. The predicted molar refractivity (Wildman–Crippen MR) is 119 cm³/mol. The van der Waals surface area contributed by atoms with E-state index in [0.29, 0.717) is 23.0 Å². The number of nitrogens with two attached hydrogens (primary N) is 1. The molecule has 0 saturated heterocycles. The average molecular weight is 473 g/mol. The molecule has 2 aromatic heterocycles. The summed E-state index contributed by atoms with van der Waals surface area (Å²) in [6.45, 7) is 1.89. The van der Waals surface area contributed by atoms with Gasteiger partial charge >= 0.3 is 0 Å². The highest BCUT2D eigenvalue weighted by molar-refractivity contribution is 9.10. The molecule has 0 spiro atoms. The van der Waals surface area contributed by atoms with Gasteiger partial charge in [-0.25, -0.2) is 4.68 Å². The Morgan fingerprint density at radius 2 is 1.81 bits per heavy atom. The number of hydrogen-bond acceptors (Lipinski definition) is 5. The lowest BCUT2D eigenvalue weighted by molar-refractivity contribution is 0.361. The van der Waals surface area contributed by atoms with Gasteiger partial charge < -0.3 is 14.9 Å². The van der Waals surface area contributed by atoms with E-state index in [0.717, 1.165) is 27.0 Å². The zero-order valence-corrected chi connectivity index (χ0v) is 18.1. The van der Waals surface area contributed by atoms with Gasteiger partial charge in [0.15, 0.2) is 0 Å². The van der Waals surface area contributed by atoms with Crippen LogP contribution in [-0.2, 0) is 0 Å². The molecule has 152 valence electrons. The normalized spacial score (nSPS) is 15.3. The van der Waals surface area contributed by atoms with E-state index in [1.807, 2.05) is 73.7 Å². The Labute approximate surface area is 187 Å². The summed E-state index contributed by atoms with van der Waals surface area (Å²) < 4.78 is 14.8. The Hall–Kier alpha value is -3.76. The summed E-state index contributed by atoms with van der Waals surface area (Å²) in [7, 11) is 0. The van der Waals surface area contributed by atoms with E-state index in [9.17, 15) is 5.26 Å². The summed E-state index contributed by atoms with van der Waals surface area (Å²) in [4.78, 5) is 0. The zero-order valence-electron chi connectivity index (χ0n) is 16.5. The molecule has 1 unspecified atom stereocenters. The molecule has 1 aliphatic rings. The largest absolute Gasteiger partial charge is 0.460 e. The van der Waals surface area contributed by atoms with Gasteiger partial charge in [-0.2, -0.15) is 10.4 Å². The highest BCUT2D eigenvalue weighted by atomic mass is 79.9. The summed E-state index contributed by atoms with van der Waals surface area (Å²) in [5.41, 5.74) is 9.75. The van der Waals surface area contributed by atoms with Crippen molar-refractivity contribution >= 4 is 15.9 Å². The number of benzene rings is 2. The lowest BCUT2D eigenvalue weighted by Crippen LogP contribution is -2.21. The van der Waals surface area contributed by atoms with Crippen molar-refractivity contribution in [2.24, 2.45) is 5.73 Å². The quantitative estimate of drug-likeness (QED) is 0.429. The number of allylic oxidation sites excluding steroid dienone is 1. The molecule has 0 saturated carbocycles. The smallest absolute Gasteiger partial charge is 0.229 e. The number of para-hydroxylation sites is 1. The van der Waals surface area contributed by atoms with Gasteiger partial charge in [0, 0.05) is 10.0 Å². The van der Waals surface area contributed by atoms with Gasteiger partial charge in [0.05, 0.1) is 22.9 Å². The molecule has 0 bridgehead atoms. The second-order valence-electron chi connectivity index (χ2n) is 7.16. The van der Waals surface area contributed by atoms with Gasteiger partial charge in [0.25, 0.3) is 0 Å². The minimum atomic E-state index is -0.512. The molecule has 31 heavy (non-hydrogen) atoms. The van der Waals surface area contributed by atoms with Crippen molar-refractivity contribution in [2.45, 2.75) is 12.8 Å². The number of furan rings is 1. The average Bonchev–Trinajstić information content (AvgIpc) is 3.39. The van der Waals surface area contributed by atoms with Crippen LogP contribution >= 0.6 is 15.9 Å². The standard InChI is InChI=1S/C24H17BrN4O2/c1-14-21-22(20-12-11-19(30-20)16-9-5-6-10-18(16)25)17(13-26)23(27)31-24(21)29(28-14)15-7-3-2-4-8-15/h2-12,22H,27H2,1H3. The van der Waals surface area contributed by atoms with Crippen LogP contribution in [0, 0.1) is 18.3 Å². The van der Waals surface area contributed by atoms with Crippen molar-refractivity contribution in [2.75, 3.05) is 0 Å². The summed E-state index contributed by atoms with van der Waals surface area (Å²) in [6.07, 6.45) is 0. The van der Waals surface area contributed by atoms with Crippen molar-refractivity contribution in [3.05, 3.63) is 99.7 Å². The molecule has 0 amide bonds. The maximum Gasteiger partial charge on any atom is 0.229 e. The van der Waals surface area contributed by atoms with Crippen LogP contribution in [0.2, 0.25) is 0 Å². The molecular weight excluding hydrogens is 456 g/mol. The molecule has 2 N–H and O–H groups in total. The van der Waals surface area contributed by atoms with Crippen LogP contribution in [0.3, 0.4) is 0 Å². The molecule has 0 aliphatic carbocycles. The molecule has 0 fully saturated rings. The number of nitriles is 1. The molecule has 7 heteroatoms. The van der Waals surface area contributed by atoms with Crippen molar-refractivity contribution in [1.82, 2.24) is 9.78 Å². The Kier molecular flexibility index (Phi) is 4.64. The molecule has 1 atom stereocenters. The van der Waals surface area contributed by atoms with Gasteiger partial charge in [-0.05, 0) is 37.3 Å². The third-order valence-corrected chi connectivity index (χ3v) is 5.98. The van der Waals surface area contributed by atoms with Crippen molar-refractivity contribution < 1.29 is 9.15 Å². The fourth-order valence-corrected chi connectivity index (χ4v) is 4.34. The highest BCUT2D eigenvalue weighted by Crippen LogP contribution is 2.46. The van der Waals surface area contributed by atoms with E-state index in [4.69, 9.17) is 14.9 Å².